The lowest BCUT2D eigenvalue weighted by molar-refractivity contribution is -0.334. The van der Waals surface area contributed by atoms with Crippen LogP contribution in [0.2, 0.25) is 0 Å². The van der Waals surface area contributed by atoms with Crippen molar-refractivity contribution in [2.45, 2.75) is 49.7 Å². The molecule has 3 unspecified atom stereocenters. The number of hydrogen-bond acceptors (Lipinski definition) is 5. The number of urea groups is 1. The Labute approximate surface area is 210 Å². The molecule has 2 aliphatic rings. The lowest BCUT2D eigenvalue weighted by atomic mass is 9.85. The first kappa shape index (κ1) is 27.7. The Kier molecular flexibility index (Phi) is 7.61. The molecule has 0 saturated carbocycles. The number of nitrogens with one attached hydrogen (secondary N) is 3. The van der Waals surface area contributed by atoms with Crippen molar-refractivity contribution >= 4 is 11.7 Å². The summed E-state index contributed by atoms with van der Waals surface area (Å²) in [5.74, 6) is -3.26. The molecule has 2 saturated heterocycles. The van der Waals surface area contributed by atoms with Crippen LogP contribution in [0.4, 0.5) is 45.6 Å². The van der Waals surface area contributed by atoms with Gasteiger partial charge in [0.1, 0.15) is 23.1 Å². The van der Waals surface area contributed by atoms with Crippen molar-refractivity contribution in [3.63, 3.8) is 0 Å². The molecule has 2 amide bonds. The zero-order valence-electron chi connectivity index (χ0n) is 19.3. The van der Waals surface area contributed by atoms with E-state index in [1.54, 1.807) is 0 Å². The van der Waals surface area contributed by atoms with Crippen molar-refractivity contribution in [2.75, 3.05) is 18.5 Å². The van der Waals surface area contributed by atoms with Crippen molar-refractivity contribution in [1.29, 1.82) is 0 Å². The van der Waals surface area contributed by atoms with E-state index in [9.17, 15) is 39.9 Å². The molecule has 0 bridgehead atoms. The minimum atomic E-state index is -5.03. The predicted octanol–water partition coefficient (Wildman–Crippen LogP) is 5.32. The first-order chi connectivity index (χ1) is 17.8. The Hall–Kier alpha value is -3.33. The topological polar surface area (TPSA) is 80.9 Å². The SMILES string of the molecule is O=C(Nc1ccc(OC(F)(F)F)cc1F)NC1CCCNC1Oc1ccc(F)cc1C1(C(F)(F)F)CCO1. The molecule has 0 aromatic heterocycles. The highest BCUT2D eigenvalue weighted by Gasteiger charge is 2.62. The van der Waals surface area contributed by atoms with Crippen LogP contribution in [0.1, 0.15) is 24.8 Å². The molecule has 2 aromatic rings. The third-order valence-corrected chi connectivity index (χ3v) is 6.03. The average Bonchev–Trinajstić information content (AvgIpc) is 2.76. The van der Waals surface area contributed by atoms with E-state index in [0.717, 1.165) is 24.3 Å². The van der Waals surface area contributed by atoms with E-state index in [1.165, 1.54) is 0 Å². The van der Waals surface area contributed by atoms with Crippen LogP contribution in [0.25, 0.3) is 0 Å². The summed E-state index contributed by atoms with van der Waals surface area (Å²) >= 11 is 0. The van der Waals surface area contributed by atoms with Crippen LogP contribution in [0.15, 0.2) is 36.4 Å². The van der Waals surface area contributed by atoms with Crippen LogP contribution in [-0.2, 0) is 10.3 Å². The number of halogens is 8. The number of carbonyl (C=O) groups is 1. The second kappa shape index (κ2) is 10.4. The Bertz CT molecular complexity index is 1170. The fraction of sp³-hybridized carbons (Fsp3) is 0.435. The molecule has 3 atom stereocenters. The monoisotopic (exact) mass is 555 g/mol. The molecule has 2 aromatic carbocycles. The molecule has 2 fully saturated rings. The van der Waals surface area contributed by atoms with Crippen molar-refractivity contribution in [1.82, 2.24) is 10.6 Å². The summed E-state index contributed by atoms with van der Waals surface area (Å²) in [5, 5.41) is 7.57. The fourth-order valence-electron chi connectivity index (χ4n) is 4.20. The quantitative estimate of drug-likeness (QED) is 0.421. The van der Waals surface area contributed by atoms with Crippen molar-refractivity contribution in [2.24, 2.45) is 0 Å². The molecule has 2 aliphatic heterocycles. The Balaban J connectivity index is 1.47. The first-order valence-electron chi connectivity index (χ1n) is 11.3. The molecule has 15 heteroatoms. The molecule has 3 N–H and O–H groups in total. The van der Waals surface area contributed by atoms with Crippen LogP contribution >= 0.6 is 0 Å². The fourth-order valence-corrected chi connectivity index (χ4v) is 4.20. The smallest absolute Gasteiger partial charge is 0.473 e. The van der Waals surface area contributed by atoms with Crippen LogP contribution in [0.5, 0.6) is 11.5 Å². The number of ether oxygens (including phenoxy) is 3. The summed E-state index contributed by atoms with van der Waals surface area (Å²) in [6, 6.07) is 2.96. The van der Waals surface area contributed by atoms with Crippen LogP contribution in [0.3, 0.4) is 0 Å². The molecule has 0 spiro atoms. The maximum absolute atomic E-state index is 14.2. The van der Waals surface area contributed by atoms with E-state index >= 15 is 0 Å². The van der Waals surface area contributed by atoms with Crippen molar-refractivity contribution in [3.8, 4) is 11.5 Å². The maximum atomic E-state index is 14.2. The van der Waals surface area contributed by atoms with Gasteiger partial charge >= 0.3 is 18.6 Å². The summed E-state index contributed by atoms with van der Waals surface area (Å²) in [6.07, 6.45) is -10.5. The predicted molar refractivity (Wildman–Crippen MR) is 115 cm³/mol. The number of rotatable bonds is 6. The van der Waals surface area contributed by atoms with Crippen molar-refractivity contribution < 1.29 is 54.1 Å². The van der Waals surface area contributed by atoms with Gasteiger partial charge in [0.05, 0.1) is 18.3 Å². The van der Waals surface area contributed by atoms with Gasteiger partial charge in [0, 0.05) is 18.1 Å². The number of carbonyl (C=O) groups excluding carboxylic acids is 1. The van der Waals surface area contributed by atoms with Crippen LogP contribution in [0, 0.1) is 11.6 Å². The van der Waals surface area contributed by atoms with E-state index < -0.39 is 71.5 Å². The normalized spacial score (nSPS) is 23.8. The van der Waals surface area contributed by atoms with E-state index in [2.05, 4.69) is 20.7 Å². The molecule has 38 heavy (non-hydrogen) atoms. The van der Waals surface area contributed by atoms with Crippen LogP contribution < -0.4 is 25.4 Å². The van der Waals surface area contributed by atoms with Gasteiger partial charge in [-0.3, -0.25) is 5.32 Å². The van der Waals surface area contributed by atoms with Crippen molar-refractivity contribution in [3.05, 3.63) is 53.6 Å². The van der Waals surface area contributed by atoms with Gasteiger partial charge in [-0.05, 0) is 49.7 Å². The van der Waals surface area contributed by atoms with E-state index in [4.69, 9.17) is 9.47 Å². The second-order valence-corrected chi connectivity index (χ2v) is 8.59. The number of alkyl halides is 6. The third-order valence-electron chi connectivity index (χ3n) is 6.03. The molecule has 7 nitrogen and oxygen atoms in total. The summed E-state index contributed by atoms with van der Waals surface area (Å²) in [5.41, 5.74) is -3.73. The maximum Gasteiger partial charge on any atom is 0.573 e. The largest absolute Gasteiger partial charge is 0.573 e. The number of piperidine rings is 1. The standard InChI is InChI=1S/C23H21F8N3O4/c24-12-3-6-18(14(10-12)21(7-9-36-21)22(26,27)28)37-19-17(2-1-8-32-19)34-20(35)33-16-5-4-13(11-15(16)25)38-23(29,30)31/h3-6,10-11,17,19,32H,1-2,7-9H2,(H2,33,34,35). The number of benzene rings is 2. The van der Waals surface area contributed by atoms with Gasteiger partial charge < -0.3 is 24.8 Å². The molecule has 0 aliphatic carbocycles. The average molecular weight is 555 g/mol. The van der Waals surface area contributed by atoms with Crippen LogP contribution in [-0.4, -0.2) is 44.0 Å². The summed E-state index contributed by atoms with van der Waals surface area (Å²) in [4.78, 5) is 12.5. The molecule has 2 heterocycles. The second-order valence-electron chi connectivity index (χ2n) is 8.59. The van der Waals surface area contributed by atoms with E-state index in [1.807, 2.05) is 0 Å². The highest BCUT2D eigenvalue weighted by Crippen LogP contribution is 2.53. The number of hydrogen-bond donors (Lipinski definition) is 3. The summed E-state index contributed by atoms with van der Waals surface area (Å²) < 4.78 is 121. The van der Waals surface area contributed by atoms with E-state index in [-0.39, 0.29) is 12.4 Å². The lowest BCUT2D eigenvalue weighted by Gasteiger charge is -2.44. The highest BCUT2D eigenvalue weighted by molar-refractivity contribution is 5.89. The molecular formula is C23H21F8N3O4. The molecule has 0 radical (unpaired) electrons. The minimum Gasteiger partial charge on any atom is -0.473 e. The zero-order chi connectivity index (χ0) is 27.7. The first-order valence-corrected chi connectivity index (χ1v) is 11.3. The van der Waals surface area contributed by atoms with Gasteiger partial charge in [0.2, 0.25) is 0 Å². The van der Waals surface area contributed by atoms with Gasteiger partial charge in [0.25, 0.3) is 0 Å². The summed E-state index contributed by atoms with van der Waals surface area (Å²) in [6.45, 7) is 0.207. The molecular weight excluding hydrogens is 534 g/mol. The Morgan fingerprint density at radius 3 is 2.42 bits per heavy atom. The molecule has 208 valence electrons. The van der Waals surface area contributed by atoms with Gasteiger partial charge in [-0.2, -0.15) is 13.2 Å². The molecule has 4 rings (SSSR count). The lowest BCUT2D eigenvalue weighted by Crippen LogP contribution is -2.57. The third kappa shape index (κ3) is 6.04. The van der Waals surface area contributed by atoms with Gasteiger partial charge in [-0.25, -0.2) is 13.6 Å². The Morgan fingerprint density at radius 2 is 1.82 bits per heavy atom. The van der Waals surface area contributed by atoms with Gasteiger partial charge in [0.15, 0.2) is 11.8 Å². The van der Waals surface area contributed by atoms with Gasteiger partial charge in [-0.15, -0.1) is 13.2 Å². The Morgan fingerprint density at radius 1 is 1.08 bits per heavy atom. The minimum absolute atomic E-state index is 0.179. The zero-order valence-corrected chi connectivity index (χ0v) is 19.3. The van der Waals surface area contributed by atoms with Gasteiger partial charge in [-0.1, -0.05) is 0 Å². The number of amides is 2. The summed E-state index contributed by atoms with van der Waals surface area (Å²) in [7, 11) is 0. The van der Waals surface area contributed by atoms with E-state index in [0.29, 0.717) is 31.5 Å². The number of anilines is 1. The highest BCUT2D eigenvalue weighted by atomic mass is 19.4.